The van der Waals surface area contributed by atoms with Crippen LogP contribution in [0, 0.1) is 13.8 Å². The zero-order valence-electron chi connectivity index (χ0n) is 16.6. The first-order valence-corrected chi connectivity index (χ1v) is 11.4. The summed E-state index contributed by atoms with van der Waals surface area (Å²) in [5.74, 6) is 0.907. The van der Waals surface area contributed by atoms with Crippen molar-refractivity contribution >= 4 is 55.8 Å². The number of nitrogens with one attached hydrogen (secondary N) is 1. The number of thioether (sulfide) groups is 1. The third-order valence-corrected chi connectivity index (χ3v) is 7.15. The fourth-order valence-corrected chi connectivity index (χ4v) is 5.27. The molecule has 0 fully saturated rings. The van der Waals surface area contributed by atoms with Gasteiger partial charge in [-0.3, -0.25) is 14.2 Å². The van der Waals surface area contributed by atoms with E-state index in [4.69, 9.17) is 16.3 Å². The van der Waals surface area contributed by atoms with E-state index in [0.29, 0.717) is 51.2 Å². The molecule has 4 aromatic rings. The number of ether oxygens (including phenoxy) is 1. The molecule has 156 valence electrons. The largest absolute Gasteiger partial charge is 0.383 e. The Morgan fingerprint density at radius 2 is 2.07 bits per heavy atom. The predicted molar refractivity (Wildman–Crippen MR) is 122 cm³/mol. The molecule has 0 spiro atoms. The van der Waals surface area contributed by atoms with Crippen LogP contribution in [-0.2, 0) is 17.0 Å². The standard InChI is InChI=1S/C20H19ClN4O3S2/c1-10-11(2)30-18-16(10)17(26)23-15(24-18)9-29-20-22-14-8-12(21)4-5-13(14)19(27)25(20)6-7-28-3/h4-5,8H,6-7,9H2,1-3H3,(H,23,24,26). The number of aromatic nitrogens is 4. The number of aromatic amines is 1. The Morgan fingerprint density at radius 3 is 2.83 bits per heavy atom. The number of rotatable bonds is 6. The fourth-order valence-electron chi connectivity index (χ4n) is 3.16. The molecule has 7 nitrogen and oxygen atoms in total. The van der Waals surface area contributed by atoms with Crippen LogP contribution >= 0.6 is 34.7 Å². The van der Waals surface area contributed by atoms with Crippen molar-refractivity contribution in [3.63, 3.8) is 0 Å². The van der Waals surface area contributed by atoms with Gasteiger partial charge in [0.15, 0.2) is 5.16 Å². The lowest BCUT2D eigenvalue weighted by atomic mass is 10.2. The van der Waals surface area contributed by atoms with Crippen molar-refractivity contribution in [3.8, 4) is 0 Å². The van der Waals surface area contributed by atoms with Crippen LogP contribution in [0.2, 0.25) is 5.02 Å². The fraction of sp³-hybridized carbons (Fsp3) is 0.300. The number of methoxy groups -OCH3 is 1. The van der Waals surface area contributed by atoms with Crippen LogP contribution in [0.5, 0.6) is 0 Å². The Labute approximate surface area is 185 Å². The molecule has 3 heterocycles. The molecule has 30 heavy (non-hydrogen) atoms. The summed E-state index contributed by atoms with van der Waals surface area (Å²) in [6.45, 7) is 4.66. The quantitative estimate of drug-likeness (QED) is 0.345. The maximum atomic E-state index is 13.0. The summed E-state index contributed by atoms with van der Waals surface area (Å²) in [7, 11) is 1.58. The van der Waals surface area contributed by atoms with Gasteiger partial charge in [0.1, 0.15) is 10.7 Å². The van der Waals surface area contributed by atoms with Gasteiger partial charge >= 0.3 is 0 Å². The number of hydrogen-bond donors (Lipinski definition) is 1. The Kier molecular flexibility index (Phi) is 5.97. The van der Waals surface area contributed by atoms with Gasteiger partial charge in [0.2, 0.25) is 0 Å². The molecular formula is C20H19ClN4O3S2. The number of benzene rings is 1. The van der Waals surface area contributed by atoms with Gasteiger partial charge < -0.3 is 9.72 Å². The number of fused-ring (bicyclic) bond motifs is 2. The first-order valence-electron chi connectivity index (χ1n) is 9.19. The first-order chi connectivity index (χ1) is 14.4. The van der Waals surface area contributed by atoms with Crippen molar-refractivity contribution in [3.05, 3.63) is 60.2 Å². The molecular weight excluding hydrogens is 444 g/mol. The highest BCUT2D eigenvalue weighted by Crippen LogP contribution is 2.27. The van der Waals surface area contributed by atoms with Crippen molar-refractivity contribution in [2.75, 3.05) is 13.7 Å². The number of nitrogens with zero attached hydrogens (tertiary/aromatic N) is 3. The first kappa shape index (κ1) is 21.0. The van der Waals surface area contributed by atoms with Gasteiger partial charge in [0.25, 0.3) is 11.1 Å². The van der Waals surface area contributed by atoms with Crippen molar-refractivity contribution in [2.24, 2.45) is 0 Å². The van der Waals surface area contributed by atoms with Gasteiger partial charge in [0.05, 0.1) is 35.2 Å². The van der Waals surface area contributed by atoms with E-state index < -0.39 is 0 Å². The summed E-state index contributed by atoms with van der Waals surface area (Å²) in [5.41, 5.74) is 1.19. The predicted octanol–water partition coefficient (Wildman–Crippen LogP) is 3.90. The number of aryl methyl sites for hydroxylation is 2. The lowest BCUT2D eigenvalue weighted by Gasteiger charge is -2.12. The van der Waals surface area contributed by atoms with Crippen molar-refractivity contribution in [2.45, 2.75) is 31.3 Å². The third-order valence-electron chi connectivity index (χ3n) is 4.83. The molecule has 0 saturated heterocycles. The van der Waals surface area contributed by atoms with Crippen LogP contribution in [0.25, 0.3) is 21.1 Å². The molecule has 1 N–H and O–H groups in total. The minimum atomic E-state index is -0.155. The van der Waals surface area contributed by atoms with Crippen molar-refractivity contribution < 1.29 is 4.74 Å². The Balaban J connectivity index is 1.73. The Bertz CT molecular complexity index is 1380. The number of halogens is 1. The van der Waals surface area contributed by atoms with Crippen LogP contribution in [0.3, 0.4) is 0 Å². The van der Waals surface area contributed by atoms with Crippen LogP contribution in [-0.4, -0.2) is 33.2 Å². The van der Waals surface area contributed by atoms with Gasteiger partial charge in [-0.25, -0.2) is 9.97 Å². The Hall–Kier alpha value is -2.20. The monoisotopic (exact) mass is 462 g/mol. The van der Waals surface area contributed by atoms with E-state index in [1.807, 2.05) is 13.8 Å². The van der Waals surface area contributed by atoms with E-state index in [1.54, 1.807) is 29.9 Å². The second kappa shape index (κ2) is 8.50. The summed E-state index contributed by atoms with van der Waals surface area (Å²) in [6.07, 6.45) is 0. The number of hydrogen-bond acceptors (Lipinski definition) is 7. The zero-order chi connectivity index (χ0) is 21.4. The number of thiophene rings is 1. The normalized spacial score (nSPS) is 11.6. The van der Waals surface area contributed by atoms with Crippen molar-refractivity contribution in [1.29, 1.82) is 0 Å². The maximum Gasteiger partial charge on any atom is 0.262 e. The van der Waals surface area contributed by atoms with Gasteiger partial charge in [0, 0.05) is 17.0 Å². The van der Waals surface area contributed by atoms with Gasteiger partial charge in [-0.05, 0) is 37.6 Å². The van der Waals surface area contributed by atoms with Gasteiger partial charge in [-0.2, -0.15) is 0 Å². The molecule has 0 amide bonds. The average molecular weight is 463 g/mol. The lowest BCUT2D eigenvalue weighted by Crippen LogP contribution is -2.25. The smallest absolute Gasteiger partial charge is 0.262 e. The molecule has 0 atom stereocenters. The molecule has 10 heteroatoms. The van der Waals surface area contributed by atoms with Crippen LogP contribution < -0.4 is 11.1 Å². The molecule has 0 radical (unpaired) electrons. The molecule has 0 saturated carbocycles. The zero-order valence-corrected chi connectivity index (χ0v) is 19.0. The molecule has 0 aliphatic carbocycles. The summed E-state index contributed by atoms with van der Waals surface area (Å²) >= 11 is 8.93. The molecule has 0 aliphatic heterocycles. The third kappa shape index (κ3) is 3.90. The van der Waals surface area contributed by atoms with E-state index in [0.717, 1.165) is 15.3 Å². The highest BCUT2D eigenvalue weighted by molar-refractivity contribution is 7.98. The van der Waals surface area contributed by atoms with Gasteiger partial charge in [-0.15, -0.1) is 11.3 Å². The molecule has 3 aromatic heterocycles. The highest BCUT2D eigenvalue weighted by atomic mass is 35.5. The highest BCUT2D eigenvalue weighted by Gasteiger charge is 2.15. The van der Waals surface area contributed by atoms with Crippen LogP contribution in [0.4, 0.5) is 0 Å². The molecule has 4 rings (SSSR count). The molecule has 0 unspecified atom stereocenters. The van der Waals surface area contributed by atoms with E-state index in [-0.39, 0.29) is 11.1 Å². The summed E-state index contributed by atoms with van der Waals surface area (Å²) in [5, 5.41) is 2.17. The lowest BCUT2D eigenvalue weighted by molar-refractivity contribution is 0.183. The second-order valence-electron chi connectivity index (χ2n) is 6.77. The summed E-state index contributed by atoms with van der Waals surface area (Å²) in [6, 6.07) is 5.03. The minimum absolute atomic E-state index is 0.146. The van der Waals surface area contributed by atoms with E-state index >= 15 is 0 Å². The average Bonchev–Trinajstić information content (AvgIpc) is 2.99. The number of H-pyrrole nitrogens is 1. The SMILES string of the molecule is COCCn1c(SCc2nc3sc(C)c(C)c3c(=O)[nH]2)nc2cc(Cl)ccc2c1=O. The van der Waals surface area contributed by atoms with E-state index in [9.17, 15) is 9.59 Å². The van der Waals surface area contributed by atoms with Gasteiger partial charge in [-0.1, -0.05) is 23.4 Å². The minimum Gasteiger partial charge on any atom is -0.383 e. The molecule has 0 aliphatic rings. The van der Waals surface area contributed by atoms with E-state index in [2.05, 4.69) is 15.0 Å². The van der Waals surface area contributed by atoms with E-state index in [1.165, 1.54) is 23.1 Å². The van der Waals surface area contributed by atoms with Crippen molar-refractivity contribution in [1.82, 2.24) is 19.5 Å². The molecule has 0 bridgehead atoms. The van der Waals surface area contributed by atoms with Crippen LogP contribution in [0.1, 0.15) is 16.3 Å². The maximum absolute atomic E-state index is 13.0. The van der Waals surface area contributed by atoms with Crippen LogP contribution in [0.15, 0.2) is 32.9 Å². The topological polar surface area (TPSA) is 89.9 Å². The Morgan fingerprint density at radius 1 is 1.27 bits per heavy atom. The second-order valence-corrected chi connectivity index (χ2v) is 9.35. The summed E-state index contributed by atoms with van der Waals surface area (Å²) < 4.78 is 6.73. The summed E-state index contributed by atoms with van der Waals surface area (Å²) in [4.78, 5) is 39.4. The molecule has 1 aromatic carbocycles.